The van der Waals surface area contributed by atoms with Gasteiger partial charge in [0, 0.05) is 27.2 Å². The molecule has 17 heavy (non-hydrogen) atoms. The second kappa shape index (κ2) is 5.30. The van der Waals surface area contributed by atoms with Gasteiger partial charge in [0.2, 0.25) is 11.9 Å². The fourth-order valence-corrected chi connectivity index (χ4v) is 1.15. The second-order valence-corrected chi connectivity index (χ2v) is 3.76. The first kappa shape index (κ1) is 13.0. The molecule has 0 radical (unpaired) electrons. The van der Waals surface area contributed by atoms with E-state index in [2.05, 4.69) is 15.4 Å². The lowest BCUT2D eigenvalue weighted by Crippen LogP contribution is -2.34. The molecule has 0 saturated carbocycles. The number of nitrogen functional groups attached to an aromatic ring is 2. The van der Waals surface area contributed by atoms with Gasteiger partial charge in [-0.25, -0.2) is 5.84 Å². The molecule has 0 fully saturated rings. The van der Waals surface area contributed by atoms with Crippen LogP contribution in [0.4, 0.5) is 17.6 Å². The maximum absolute atomic E-state index is 11.5. The van der Waals surface area contributed by atoms with Crippen LogP contribution in [0.15, 0.2) is 6.07 Å². The van der Waals surface area contributed by atoms with E-state index in [9.17, 15) is 4.79 Å². The van der Waals surface area contributed by atoms with Crippen LogP contribution in [0.1, 0.15) is 0 Å². The van der Waals surface area contributed by atoms with Gasteiger partial charge in [0.05, 0.1) is 6.54 Å². The highest BCUT2D eigenvalue weighted by atomic mass is 16.2. The fraction of sp³-hybridized carbons (Fsp3) is 0.444. The van der Waals surface area contributed by atoms with Crippen molar-refractivity contribution in [3.05, 3.63) is 6.07 Å². The lowest BCUT2D eigenvalue weighted by molar-refractivity contribution is -0.127. The van der Waals surface area contributed by atoms with Gasteiger partial charge < -0.3 is 21.0 Å². The summed E-state index contributed by atoms with van der Waals surface area (Å²) in [6.07, 6.45) is 0. The predicted octanol–water partition coefficient (Wildman–Crippen LogP) is -1.13. The first-order valence-corrected chi connectivity index (χ1v) is 4.96. The number of amides is 1. The van der Waals surface area contributed by atoms with Crippen molar-refractivity contribution in [3.63, 3.8) is 0 Å². The van der Waals surface area contributed by atoms with E-state index in [0.717, 1.165) is 0 Å². The SMILES string of the molecule is CN(C)C(=O)CN(C)c1cc(NN)nc(N)n1. The molecule has 0 aliphatic rings. The van der Waals surface area contributed by atoms with E-state index in [1.165, 1.54) is 4.90 Å². The second-order valence-electron chi connectivity index (χ2n) is 3.76. The first-order chi connectivity index (χ1) is 7.93. The summed E-state index contributed by atoms with van der Waals surface area (Å²) in [7, 11) is 5.12. The molecule has 0 spiro atoms. The number of nitrogens with zero attached hydrogens (tertiary/aromatic N) is 4. The molecule has 0 unspecified atom stereocenters. The number of hydrazine groups is 1. The zero-order chi connectivity index (χ0) is 13.0. The zero-order valence-corrected chi connectivity index (χ0v) is 10.1. The average Bonchev–Trinajstić information content (AvgIpc) is 2.27. The highest BCUT2D eigenvalue weighted by molar-refractivity contribution is 5.80. The highest BCUT2D eigenvalue weighted by Gasteiger charge is 2.11. The third kappa shape index (κ3) is 3.45. The van der Waals surface area contributed by atoms with Gasteiger partial charge >= 0.3 is 0 Å². The summed E-state index contributed by atoms with van der Waals surface area (Å²) in [5.74, 6) is 6.24. The molecule has 0 aliphatic heterocycles. The fourth-order valence-electron chi connectivity index (χ4n) is 1.15. The van der Waals surface area contributed by atoms with E-state index < -0.39 is 0 Å². The van der Waals surface area contributed by atoms with Gasteiger partial charge in [-0.3, -0.25) is 4.79 Å². The van der Waals surface area contributed by atoms with Crippen LogP contribution in [-0.2, 0) is 4.79 Å². The summed E-state index contributed by atoms with van der Waals surface area (Å²) in [6.45, 7) is 0.202. The van der Waals surface area contributed by atoms with Gasteiger partial charge in [-0.15, -0.1) is 0 Å². The summed E-state index contributed by atoms with van der Waals surface area (Å²) in [5, 5.41) is 0. The summed E-state index contributed by atoms with van der Waals surface area (Å²) in [6, 6.07) is 1.61. The number of aromatic nitrogens is 2. The predicted molar refractivity (Wildman–Crippen MR) is 66.2 cm³/mol. The summed E-state index contributed by atoms with van der Waals surface area (Å²) < 4.78 is 0. The number of anilines is 3. The normalized spacial score (nSPS) is 9.88. The summed E-state index contributed by atoms with van der Waals surface area (Å²) in [4.78, 5) is 22.6. The van der Waals surface area contributed by atoms with Crippen LogP contribution < -0.4 is 21.9 Å². The molecular formula is C9H17N7O. The Kier molecular flexibility index (Phi) is 4.05. The maximum atomic E-state index is 11.5. The highest BCUT2D eigenvalue weighted by Crippen LogP contribution is 2.14. The molecule has 0 saturated heterocycles. The smallest absolute Gasteiger partial charge is 0.241 e. The monoisotopic (exact) mass is 239 g/mol. The molecule has 5 N–H and O–H groups in total. The summed E-state index contributed by atoms with van der Waals surface area (Å²) >= 11 is 0. The van der Waals surface area contributed by atoms with Crippen LogP contribution in [0.3, 0.4) is 0 Å². The van der Waals surface area contributed by atoms with Gasteiger partial charge in [0.1, 0.15) is 11.6 Å². The molecule has 1 aromatic rings. The van der Waals surface area contributed by atoms with E-state index in [4.69, 9.17) is 11.6 Å². The average molecular weight is 239 g/mol. The molecule has 1 rings (SSSR count). The lowest BCUT2D eigenvalue weighted by atomic mass is 10.4. The standard InChI is InChI=1S/C9H17N7O/c1-15(2)8(17)5-16(3)7-4-6(14-11)12-9(10)13-7/h4H,5,11H2,1-3H3,(H3,10,12,13,14). The van der Waals surface area contributed by atoms with E-state index >= 15 is 0 Å². The third-order valence-electron chi connectivity index (χ3n) is 2.14. The Labute approximate surface area is 99.6 Å². The molecule has 8 nitrogen and oxygen atoms in total. The molecule has 1 amide bonds. The van der Waals surface area contributed by atoms with Crippen LogP contribution in [0.2, 0.25) is 0 Å². The molecule has 1 heterocycles. The van der Waals surface area contributed by atoms with Crippen molar-refractivity contribution < 1.29 is 4.79 Å². The Hall–Kier alpha value is -2.09. The Bertz CT molecular complexity index is 406. The van der Waals surface area contributed by atoms with Crippen molar-refractivity contribution in [2.75, 3.05) is 43.7 Å². The number of rotatable bonds is 4. The quantitative estimate of drug-likeness (QED) is 0.450. The lowest BCUT2D eigenvalue weighted by Gasteiger charge is -2.20. The first-order valence-electron chi connectivity index (χ1n) is 4.96. The Morgan fingerprint density at radius 3 is 2.59 bits per heavy atom. The van der Waals surface area contributed by atoms with Crippen molar-refractivity contribution in [2.45, 2.75) is 0 Å². The van der Waals surface area contributed by atoms with Crippen molar-refractivity contribution in [3.8, 4) is 0 Å². The van der Waals surface area contributed by atoms with Crippen molar-refractivity contribution in [2.24, 2.45) is 5.84 Å². The Morgan fingerprint density at radius 1 is 1.41 bits per heavy atom. The van der Waals surface area contributed by atoms with Crippen molar-refractivity contribution in [1.29, 1.82) is 0 Å². The molecule has 0 atom stereocenters. The largest absolute Gasteiger partial charge is 0.368 e. The van der Waals surface area contributed by atoms with Crippen molar-refractivity contribution in [1.82, 2.24) is 14.9 Å². The van der Waals surface area contributed by atoms with Crippen LogP contribution in [0.25, 0.3) is 0 Å². The number of likely N-dealkylation sites (N-methyl/N-ethyl adjacent to an activating group) is 2. The van der Waals surface area contributed by atoms with E-state index in [0.29, 0.717) is 11.6 Å². The van der Waals surface area contributed by atoms with Gasteiger partial charge in [-0.1, -0.05) is 0 Å². The van der Waals surface area contributed by atoms with Crippen molar-refractivity contribution >= 4 is 23.5 Å². The Morgan fingerprint density at radius 2 is 2.06 bits per heavy atom. The van der Waals surface area contributed by atoms with Crippen LogP contribution >= 0.6 is 0 Å². The number of nitrogens with two attached hydrogens (primary N) is 2. The van der Waals surface area contributed by atoms with Gasteiger partial charge in [-0.05, 0) is 0 Å². The van der Waals surface area contributed by atoms with Gasteiger partial charge in [0.15, 0.2) is 0 Å². The van der Waals surface area contributed by atoms with E-state index in [1.807, 2.05) is 0 Å². The molecule has 0 bridgehead atoms. The molecule has 94 valence electrons. The molecular weight excluding hydrogens is 222 g/mol. The van der Waals surface area contributed by atoms with E-state index in [1.54, 1.807) is 32.1 Å². The zero-order valence-electron chi connectivity index (χ0n) is 10.1. The molecule has 1 aromatic heterocycles. The van der Waals surface area contributed by atoms with Crippen LogP contribution in [-0.4, -0.2) is 48.5 Å². The summed E-state index contributed by atoms with van der Waals surface area (Å²) in [5.41, 5.74) is 7.91. The number of carbonyl (C=O) groups excluding carboxylic acids is 1. The third-order valence-corrected chi connectivity index (χ3v) is 2.14. The number of hydrogen-bond donors (Lipinski definition) is 3. The maximum Gasteiger partial charge on any atom is 0.241 e. The van der Waals surface area contributed by atoms with E-state index in [-0.39, 0.29) is 18.4 Å². The minimum Gasteiger partial charge on any atom is -0.368 e. The molecule has 8 heteroatoms. The van der Waals surface area contributed by atoms with Crippen LogP contribution in [0, 0.1) is 0 Å². The number of nitrogens with one attached hydrogen (secondary N) is 1. The molecule has 0 aromatic carbocycles. The van der Waals surface area contributed by atoms with Gasteiger partial charge in [-0.2, -0.15) is 9.97 Å². The molecule has 0 aliphatic carbocycles. The minimum absolute atomic E-state index is 0.0352. The number of hydrogen-bond acceptors (Lipinski definition) is 7. The number of carbonyl (C=O) groups is 1. The minimum atomic E-state index is -0.0352. The van der Waals surface area contributed by atoms with Crippen LogP contribution in [0.5, 0.6) is 0 Å². The topological polar surface area (TPSA) is 113 Å². The van der Waals surface area contributed by atoms with Gasteiger partial charge in [0.25, 0.3) is 0 Å². The Balaban J connectivity index is 2.84.